The van der Waals surface area contributed by atoms with E-state index in [1.807, 2.05) is 66.4 Å². The summed E-state index contributed by atoms with van der Waals surface area (Å²) in [4.78, 5) is 28.4. The van der Waals surface area contributed by atoms with Crippen LogP contribution in [0.2, 0.25) is 0 Å². The SMILES string of the molecule is COc1ccc(C(=O)C2CCN(C(=O)C(C)Sc3ccccc3)CC2)cc1. The molecule has 1 aliphatic heterocycles. The highest BCUT2D eigenvalue weighted by atomic mass is 32.2. The second-order valence-corrected chi connectivity index (χ2v) is 8.18. The maximum Gasteiger partial charge on any atom is 0.235 e. The van der Waals surface area contributed by atoms with Gasteiger partial charge in [-0.15, -0.1) is 11.8 Å². The molecule has 1 unspecified atom stereocenters. The lowest BCUT2D eigenvalue weighted by Crippen LogP contribution is -2.43. The number of carbonyl (C=O) groups is 2. The fourth-order valence-electron chi connectivity index (χ4n) is 3.36. The summed E-state index contributed by atoms with van der Waals surface area (Å²) in [6.07, 6.45) is 1.44. The molecule has 0 N–H and O–H groups in total. The first-order chi connectivity index (χ1) is 13.1. The molecule has 5 heteroatoms. The maximum absolute atomic E-state index is 12.7. The number of ketones is 1. The molecule has 0 saturated carbocycles. The van der Waals surface area contributed by atoms with Crippen LogP contribution < -0.4 is 4.74 Å². The largest absolute Gasteiger partial charge is 0.497 e. The minimum Gasteiger partial charge on any atom is -0.497 e. The Hall–Kier alpha value is -2.27. The summed E-state index contributed by atoms with van der Waals surface area (Å²) in [5.41, 5.74) is 0.716. The Bertz CT molecular complexity index is 768. The normalized spacial score (nSPS) is 16.0. The summed E-state index contributed by atoms with van der Waals surface area (Å²) in [6, 6.07) is 17.2. The first kappa shape index (κ1) is 19.5. The average molecular weight is 384 g/mol. The minimum atomic E-state index is -0.124. The summed E-state index contributed by atoms with van der Waals surface area (Å²) in [5.74, 6) is 1.05. The van der Waals surface area contributed by atoms with E-state index in [1.165, 1.54) is 0 Å². The Morgan fingerprint density at radius 2 is 1.67 bits per heavy atom. The van der Waals surface area contributed by atoms with E-state index < -0.39 is 0 Å². The van der Waals surface area contributed by atoms with Gasteiger partial charge >= 0.3 is 0 Å². The number of thioether (sulfide) groups is 1. The van der Waals surface area contributed by atoms with E-state index in [4.69, 9.17) is 4.74 Å². The van der Waals surface area contributed by atoms with Gasteiger partial charge in [-0.25, -0.2) is 0 Å². The first-order valence-electron chi connectivity index (χ1n) is 9.27. The molecule has 1 saturated heterocycles. The second-order valence-electron chi connectivity index (χ2n) is 6.77. The van der Waals surface area contributed by atoms with Crippen molar-refractivity contribution in [2.75, 3.05) is 20.2 Å². The van der Waals surface area contributed by atoms with Crippen molar-refractivity contribution in [3.63, 3.8) is 0 Å². The minimum absolute atomic E-state index is 0.0143. The van der Waals surface area contributed by atoms with Crippen LogP contribution in [0.25, 0.3) is 0 Å². The zero-order valence-electron chi connectivity index (χ0n) is 15.8. The number of nitrogens with zero attached hydrogens (tertiary/aromatic N) is 1. The van der Waals surface area contributed by atoms with Crippen molar-refractivity contribution in [2.24, 2.45) is 5.92 Å². The van der Waals surface area contributed by atoms with Crippen LogP contribution in [0.4, 0.5) is 0 Å². The Morgan fingerprint density at radius 3 is 2.26 bits per heavy atom. The number of amides is 1. The fourth-order valence-corrected chi connectivity index (χ4v) is 4.34. The van der Waals surface area contributed by atoms with E-state index in [0.29, 0.717) is 18.7 Å². The smallest absolute Gasteiger partial charge is 0.235 e. The van der Waals surface area contributed by atoms with E-state index in [1.54, 1.807) is 18.9 Å². The van der Waals surface area contributed by atoms with Gasteiger partial charge in [-0.1, -0.05) is 18.2 Å². The van der Waals surface area contributed by atoms with E-state index in [2.05, 4.69) is 0 Å². The van der Waals surface area contributed by atoms with Crippen molar-refractivity contribution in [3.8, 4) is 5.75 Å². The van der Waals surface area contributed by atoms with Gasteiger partial charge in [0.2, 0.25) is 5.91 Å². The third kappa shape index (κ3) is 4.92. The predicted molar refractivity (Wildman–Crippen MR) is 108 cm³/mol. The number of Topliss-reactive ketones (excluding diaryl/α,β-unsaturated/α-hetero) is 1. The molecule has 2 aromatic rings. The molecular formula is C22H25NO3S. The molecular weight excluding hydrogens is 358 g/mol. The molecule has 2 aromatic carbocycles. The number of benzene rings is 2. The second kappa shape index (κ2) is 9.09. The number of ether oxygens (including phenoxy) is 1. The van der Waals surface area contributed by atoms with Gasteiger partial charge in [0.25, 0.3) is 0 Å². The lowest BCUT2D eigenvalue weighted by Gasteiger charge is -2.33. The van der Waals surface area contributed by atoms with Crippen molar-refractivity contribution in [2.45, 2.75) is 29.9 Å². The molecule has 4 nitrogen and oxygen atoms in total. The summed E-state index contributed by atoms with van der Waals surface area (Å²) in [6.45, 7) is 3.24. The number of likely N-dealkylation sites (tertiary alicyclic amines) is 1. The topological polar surface area (TPSA) is 46.6 Å². The van der Waals surface area contributed by atoms with E-state index in [-0.39, 0.29) is 22.9 Å². The number of methoxy groups -OCH3 is 1. The van der Waals surface area contributed by atoms with Gasteiger partial charge in [-0.05, 0) is 56.2 Å². The number of hydrogen-bond donors (Lipinski definition) is 0. The molecule has 27 heavy (non-hydrogen) atoms. The van der Waals surface area contributed by atoms with Crippen LogP contribution in [0.5, 0.6) is 5.75 Å². The Kier molecular flexibility index (Phi) is 6.56. The van der Waals surface area contributed by atoms with Gasteiger partial charge in [0.05, 0.1) is 12.4 Å². The van der Waals surface area contributed by atoms with Crippen molar-refractivity contribution in [3.05, 3.63) is 60.2 Å². The zero-order valence-corrected chi connectivity index (χ0v) is 16.6. The van der Waals surface area contributed by atoms with Crippen LogP contribution in [-0.4, -0.2) is 42.0 Å². The van der Waals surface area contributed by atoms with E-state index in [0.717, 1.165) is 23.5 Å². The van der Waals surface area contributed by atoms with Gasteiger partial charge in [-0.2, -0.15) is 0 Å². The quantitative estimate of drug-likeness (QED) is 0.551. The van der Waals surface area contributed by atoms with Gasteiger partial charge in [0.15, 0.2) is 5.78 Å². The van der Waals surface area contributed by atoms with Crippen molar-refractivity contribution in [1.82, 2.24) is 4.90 Å². The number of carbonyl (C=O) groups excluding carboxylic acids is 2. The molecule has 142 valence electrons. The molecule has 0 bridgehead atoms. The van der Waals surface area contributed by atoms with Gasteiger partial charge in [0.1, 0.15) is 5.75 Å². The molecule has 1 atom stereocenters. The lowest BCUT2D eigenvalue weighted by atomic mass is 9.89. The standard InChI is InChI=1S/C22H25NO3S/c1-16(27-20-6-4-3-5-7-20)22(25)23-14-12-18(13-15-23)21(24)17-8-10-19(26-2)11-9-17/h3-11,16,18H,12-15H2,1-2H3. The van der Waals surface area contributed by atoms with Crippen molar-refractivity contribution in [1.29, 1.82) is 0 Å². The highest BCUT2D eigenvalue weighted by Crippen LogP contribution is 2.27. The van der Waals surface area contributed by atoms with E-state index >= 15 is 0 Å². The van der Waals surface area contributed by atoms with Crippen molar-refractivity contribution < 1.29 is 14.3 Å². The summed E-state index contributed by atoms with van der Waals surface area (Å²) in [7, 11) is 1.61. The fraction of sp³-hybridized carbons (Fsp3) is 0.364. The molecule has 1 heterocycles. The third-order valence-corrected chi connectivity index (χ3v) is 6.06. The van der Waals surface area contributed by atoms with E-state index in [9.17, 15) is 9.59 Å². The Labute approximate surface area is 164 Å². The van der Waals surface area contributed by atoms with Crippen LogP contribution in [0.1, 0.15) is 30.1 Å². The molecule has 3 rings (SSSR count). The highest BCUT2D eigenvalue weighted by molar-refractivity contribution is 8.00. The monoisotopic (exact) mass is 383 g/mol. The summed E-state index contributed by atoms with van der Waals surface area (Å²) in [5, 5.41) is -0.124. The number of piperidine rings is 1. The number of rotatable bonds is 6. The molecule has 1 aliphatic rings. The third-order valence-electron chi connectivity index (χ3n) is 4.96. The zero-order chi connectivity index (χ0) is 19.2. The van der Waals surface area contributed by atoms with Gasteiger partial charge in [-0.3, -0.25) is 9.59 Å². The molecule has 0 radical (unpaired) electrons. The maximum atomic E-state index is 12.7. The highest BCUT2D eigenvalue weighted by Gasteiger charge is 2.30. The van der Waals surface area contributed by atoms with Crippen LogP contribution in [0, 0.1) is 5.92 Å². The Morgan fingerprint density at radius 1 is 1.04 bits per heavy atom. The lowest BCUT2D eigenvalue weighted by molar-refractivity contribution is -0.131. The van der Waals surface area contributed by atoms with Crippen LogP contribution in [0.15, 0.2) is 59.5 Å². The van der Waals surface area contributed by atoms with Crippen LogP contribution in [-0.2, 0) is 4.79 Å². The van der Waals surface area contributed by atoms with Gasteiger partial charge < -0.3 is 9.64 Å². The summed E-state index contributed by atoms with van der Waals surface area (Å²) >= 11 is 1.58. The Balaban J connectivity index is 1.53. The van der Waals surface area contributed by atoms with Crippen LogP contribution >= 0.6 is 11.8 Å². The molecule has 0 spiro atoms. The molecule has 0 aromatic heterocycles. The predicted octanol–water partition coefficient (Wildman–Crippen LogP) is 4.30. The van der Waals surface area contributed by atoms with Gasteiger partial charge in [0, 0.05) is 29.5 Å². The number of hydrogen-bond acceptors (Lipinski definition) is 4. The first-order valence-corrected chi connectivity index (χ1v) is 10.1. The summed E-state index contributed by atoms with van der Waals surface area (Å²) < 4.78 is 5.14. The molecule has 1 amide bonds. The van der Waals surface area contributed by atoms with Crippen molar-refractivity contribution >= 4 is 23.5 Å². The molecule has 1 fully saturated rings. The molecule has 0 aliphatic carbocycles. The average Bonchev–Trinajstić information content (AvgIpc) is 2.73. The van der Waals surface area contributed by atoms with Crippen LogP contribution in [0.3, 0.4) is 0 Å².